The zero-order valence-electron chi connectivity index (χ0n) is 6.01. The molecular formula is CHF2Na3O3P+. The topological polar surface area (TPSA) is 63.2 Å². The van der Waals surface area contributed by atoms with Crippen LogP contribution in [0.4, 0.5) is 8.78 Å². The molecule has 9 heteroatoms. The Kier molecular flexibility index (Phi) is 23.3. The number of rotatable bonds is 1. The summed E-state index contributed by atoms with van der Waals surface area (Å²) in [6.07, 6.45) is -3.76. The molecule has 0 aliphatic carbocycles. The zero-order valence-corrected chi connectivity index (χ0v) is 12.9. The van der Waals surface area contributed by atoms with E-state index in [-0.39, 0.29) is 88.7 Å². The van der Waals surface area contributed by atoms with Crippen LogP contribution >= 0.6 is 7.60 Å². The fourth-order valence-corrected chi connectivity index (χ4v) is 0. The smallest absolute Gasteiger partial charge is 0.807 e. The maximum Gasteiger partial charge on any atom is 1.00 e. The predicted octanol–water partition coefficient (Wildman–Crippen LogP) is -9.87. The number of hydrogen-bond acceptors (Lipinski definition) is 3. The largest absolute Gasteiger partial charge is 1.00 e. The van der Waals surface area contributed by atoms with Gasteiger partial charge in [-0.1, -0.05) is 0 Å². The Balaban J connectivity index is -0.0000000600. The molecule has 0 spiro atoms. The summed E-state index contributed by atoms with van der Waals surface area (Å²) < 4.78 is 30.4. The van der Waals surface area contributed by atoms with Crippen molar-refractivity contribution in [2.45, 2.75) is 6.17 Å². The molecule has 0 aromatic heterocycles. The summed E-state index contributed by atoms with van der Waals surface area (Å²) in [7, 11) is -5.57. The Hall–Kier alpha value is 3.01. The summed E-state index contributed by atoms with van der Waals surface area (Å²) >= 11 is 0. The first kappa shape index (κ1) is 23.1. The van der Waals surface area contributed by atoms with Gasteiger partial charge in [-0.15, -0.1) is 0 Å². The second-order valence-electron chi connectivity index (χ2n) is 0.817. The summed E-state index contributed by atoms with van der Waals surface area (Å²) in [5, 5.41) is 0. The van der Waals surface area contributed by atoms with Crippen LogP contribution < -0.4 is 98.5 Å². The van der Waals surface area contributed by atoms with Gasteiger partial charge in [0.2, 0.25) is 0 Å². The van der Waals surface area contributed by atoms with Crippen molar-refractivity contribution in [3.8, 4) is 0 Å². The summed E-state index contributed by atoms with van der Waals surface area (Å²) in [6, 6.07) is 0. The van der Waals surface area contributed by atoms with Crippen molar-refractivity contribution in [1.82, 2.24) is 0 Å². The van der Waals surface area contributed by atoms with E-state index >= 15 is 0 Å². The summed E-state index contributed by atoms with van der Waals surface area (Å²) in [5.41, 5.74) is 0. The molecule has 0 rings (SSSR count). The van der Waals surface area contributed by atoms with Crippen molar-refractivity contribution >= 4 is 7.60 Å². The maximum absolute atomic E-state index is 10.7. The van der Waals surface area contributed by atoms with E-state index in [2.05, 4.69) is 0 Å². The molecule has 0 bridgehead atoms. The minimum absolute atomic E-state index is 0. The van der Waals surface area contributed by atoms with E-state index in [1.54, 1.807) is 0 Å². The normalized spacial score (nSPS) is 8.90. The molecular weight excluding hydrogens is 198 g/mol. The van der Waals surface area contributed by atoms with Gasteiger partial charge < -0.3 is 14.4 Å². The first-order chi connectivity index (χ1) is 2.94. The Labute approximate surface area is 123 Å². The van der Waals surface area contributed by atoms with Gasteiger partial charge in [0.15, 0.2) is 0 Å². The van der Waals surface area contributed by atoms with Crippen molar-refractivity contribution in [2.24, 2.45) is 0 Å². The number of hydrogen-bond donors (Lipinski definition) is 0. The first-order valence-corrected chi connectivity index (χ1v) is 2.85. The second kappa shape index (κ2) is 10.1. The van der Waals surface area contributed by atoms with E-state index in [1.807, 2.05) is 0 Å². The van der Waals surface area contributed by atoms with Gasteiger partial charge in [-0.25, -0.2) is 8.78 Å². The van der Waals surface area contributed by atoms with Crippen LogP contribution in [-0.2, 0) is 4.57 Å². The Morgan fingerprint density at radius 2 is 1.20 bits per heavy atom. The molecule has 0 atom stereocenters. The zero-order chi connectivity index (χ0) is 6.08. The molecule has 10 heavy (non-hydrogen) atoms. The third-order valence-corrected chi connectivity index (χ3v) is 0.717. The summed E-state index contributed by atoms with van der Waals surface area (Å²) in [6.45, 7) is 0. The molecule has 0 N–H and O–H groups in total. The standard InChI is InChI=1S/CH3F2O3P.3Na/c2-1(3)7(4,5)6;;;/h1H,(H2,4,5,6);;;/q;3*+1/p-2. The minimum atomic E-state index is -5.57. The van der Waals surface area contributed by atoms with Crippen LogP contribution in [-0.4, -0.2) is 6.17 Å². The molecule has 0 heterocycles. The second-order valence-corrected chi connectivity index (χ2v) is 2.29. The van der Waals surface area contributed by atoms with Gasteiger partial charge in [0.1, 0.15) is 0 Å². The molecule has 0 fully saturated rings. The Bertz CT molecular complexity index is 104. The first-order valence-electron chi connectivity index (χ1n) is 1.24. The molecule has 0 aliphatic rings. The van der Waals surface area contributed by atoms with Crippen LogP contribution in [0.25, 0.3) is 0 Å². The van der Waals surface area contributed by atoms with Crippen LogP contribution in [0, 0.1) is 0 Å². The number of halogens is 2. The van der Waals surface area contributed by atoms with E-state index in [0.717, 1.165) is 0 Å². The van der Waals surface area contributed by atoms with Crippen molar-refractivity contribution in [3.63, 3.8) is 0 Å². The Morgan fingerprint density at radius 1 is 1.10 bits per heavy atom. The van der Waals surface area contributed by atoms with Gasteiger partial charge in [0, 0.05) is 7.60 Å². The van der Waals surface area contributed by atoms with Crippen LogP contribution in [0.3, 0.4) is 0 Å². The van der Waals surface area contributed by atoms with Gasteiger partial charge in [0.05, 0.1) is 0 Å². The third-order valence-electron chi connectivity index (χ3n) is 0.239. The minimum Gasteiger partial charge on any atom is -0.807 e. The molecule has 0 amide bonds. The molecule has 3 nitrogen and oxygen atoms in total. The quantitative estimate of drug-likeness (QED) is 0.311. The molecule has 0 saturated heterocycles. The van der Waals surface area contributed by atoms with Gasteiger partial charge >= 0.3 is 88.7 Å². The van der Waals surface area contributed by atoms with E-state index < -0.39 is 13.8 Å². The molecule has 0 radical (unpaired) electrons. The molecule has 44 valence electrons. The van der Waals surface area contributed by atoms with Gasteiger partial charge in [0.25, 0.3) is 6.17 Å². The van der Waals surface area contributed by atoms with Crippen LogP contribution in [0.5, 0.6) is 0 Å². The summed E-state index contributed by atoms with van der Waals surface area (Å²) in [4.78, 5) is 18.1. The van der Waals surface area contributed by atoms with E-state index in [1.165, 1.54) is 0 Å². The average Bonchev–Trinajstić information content (AvgIpc) is 1.31. The van der Waals surface area contributed by atoms with Gasteiger partial charge in [-0.05, 0) is 0 Å². The predicted molar refractivity (Wildman–Crippen MR) is 13.6 cm³/mol. The molecule has 0 saturated carbocycles. The fourth-order valence-electron chi connectivity index (χ4n) is 0. The number of alkyl halides is 2. The third kappa shape index (κ3) is 13.6. The molecule has 0 aromatic rings. The van der Waals surface area contributed by atoms with Crippen molar-refractivity contribution in [2.75, 3.05) is 0 Å². The molecule has 0 aromatic carbocycles. The van der Waals surface area contributed by atoms with Gasteiger partial charge in [-0.3, -0.25) is 0 Å². The van der Waals surface area contributed by atoms with Crippen LogP contribution in [0.1, 0.15) is 0 Å². The van der Waals surface area contributed by atoms with E-state index in [4.69, 9.17) is 14.4 Å². The monoisotopic (exact) mass is 199 g/mol. The van der Waals surface area contributed by atoms with E-state index in [9.17, 15) is 8.78 Å². The van der Waals surface area contributed by atoms with Crippen molar-refractivity contribution in [1.29, 1.82) is 0 Å². The van der Waals surface area contributed by atoms with E-state index in [0.29, 0.717) is 0 Å². The molecule has 0 aliphatic heterocycles. The SMILES string of the molecule is O=P([O-])([O-])C(F)F.[Na+].[Na+].[Na+]. The average molecular weight is 199 g/mol. The fraction of sp³-hybridized carbons (Fsp3) is 1.00. The molecule has 0 unspecified atom stereocenters. The van der Waals surface area contributed by atoms with Crippen molar-refractivity contribution < 1.29 is 112 Å². The van der Waals surface area contributed by atoms with Crippen molar-refractivity contribution in [3.05, 3.63) is 0 Å². The van der Waals surface area contributed by atoms with Crippen LogP contribution in [0.15, 0.2) is 0 Å². The Morgan fingerprint density at radius 3 is 1.20 bits per heavy atom. The summed E-state index contributed by atoms with van der Waals surface area (Å²) in [5.74, 6) is 0. The van der Waals surface area contributed by atoms with Crippen LogP contribution in [0.2, 0.25) is 0 Å². The van der Waals surface area contributed by atoms with Gasteiger partial charge in [-0.2, -0.15) is 0 Å². The maximum atomic E-state index is 10.7.